The van der Waals surface area contributed by atoms with Gasteiger partial charge in [-0.25, -0.2) is 0 Å². The van der Waals surface area contributed by atoms with Crippen molar-refractivity contribution in [2.75, 3.05) is 26.2 Å². The normalized spacial score (nSPS) is 37.3. The van der Waals surface area contributed by atoms with Crippen molar-refractivity contribution in [2.24, 2.45) is 23.0 Å². The van der Waals surface area contributed by atoms with Crippen molar-refractivity contribution in [1.82, 2.24) is 4.90 Å². The van der Waals surface area contributed by atoms with E-state index >= 15 is 0 Å². The molecule has 3 unspecified atom stereocenters. The van der Waals surface area contributed by atoms with Crippen LogP contribution in [0.2, 0.25) is 0 Å². The Kier molecular flexibility index (Phi) is 5.38. The highest BCUT2D eigenvalue weighted by Crippen LogP contribution is 2.50. The van der Waals surface area contributed by atoms with E-state index in [1.165, 1.54) is 32.4 Å². The number of nitrogens with zero attached hydrogens (tertiary/aromatic N) is 1. The van der Waals surface area contributed by atoms with Gasteiger partial charge in [0, 0.05) is 24.1 Å². The average molecular weight is 296 g/mol. The second kappa shape index (κ2) is 6.55. The highest BCUT2D eigenvalue weighted by atomic mass is 16.5. The molecule has 1 saturated heterocycles. The second-order valence-corrected chi connectivity index (χ2v) is 8.24. The molecule has 0 aromatic rings. The van der Waals surface area contributed by atoms with E-state index in [0.717, 1.165) is 31.4 Å². The molecule has 1 heterocycles. The SMILES string of the molecule is CCOC1CC(N)(CN2CCCC(C(C)C)CC2)C1(C)C. The van der Waals surface area contributed by atoms with Gasteiger partial charge in [-0.15, -0.1) is 0 Å². The predicted octanol–water partition coefficient (Wildman–Crippen LogP) is 3.28. The van der Waals surface area contributed by atoms with Crippen molar-refractivity contribution < 1.29 is 4.74 Å². The van der Waals surface area contributed by atoms with Crippen LogP contribution in [-0.2, 0) is 4.74 Å². The maximum atomic E-state index is 6.76. The smallest absolute Gasteiger partial charge is 0.0662 e. The fourth-order valence-electron chi connectivity index (χ4n) is 4.18. The van der Waals surface area contributed by atoms with Crippen LogP contribution in [0.4, 0.5) is 0 Å². The lowest BCUT2D eigenvalue weighted by Crippen LogP contribution is -2.73. The molecule has 21 heavy (non-hydrogen) atoms. The highest BCUT2D eigenvalue weighted by Gasteiger charge is 2.58. The van der Waals surface area contributed by atoms with Crippen molar-refractivity contribution in [3.05, 3.63) is 0 Å². The molecule has 0 aromatic heterocycles. The minimum atomic E-state index is -0.0789. The largest absolute Gasteiger partial charge is 0.378 e. The molecule has 0 aromatic carbocycles. The first-order valence-corrected chi connectivity index (χ1v) is 8.93. The first-order chi connectivity index (χ1) is 9.80. The van der Waals surface area contributed by atoms with Crippen molar-refractivity contribution >= 4 is 0 Å². The number of rotatable bonds is 5. The molecule has 2 aliphatic rings. The Bertz CT molecular complexity index is 342. The number of nitrogens with two attached hydrogens (primary N) is 1. The molecule has 2 N–H and O–H groups in total. The summed E-state index contributed by atoms with van der Waals surface area (Å²) < 4.78 is 5.85. The van der Waals surface area contributed by atoms with Crippen LogP contribution in [0.1, 0.15) is 60.3 Å². The van der Waals surface area contributed by atoms with Crippen molar-refractivity contribution in [3.63, 3.8) is 0 Å². The monoisotopic (exact) mass is 296 g/mol. The molecule has 1 saturated carbocycles. The third kappa shape index (κ3) is 3.46. The predicted molar refractivity (Wildman–Crippen MR) is 89.3 cm³/mol. The van der Waals surface area contributed by atoms with Crippen molar-refractivity contribution in [2.45, 2.75) is 71.9 Å². The summed E-state index contributed by atoms with van der Waals surface area (Å²) in [5.41, 5.74) is 6.77. The lowest BCUT2D eigenvalue weighted by Gasteiger charge is -2.60. The third-order valence-corrected chi connectivity index (χ3v) is 6.32. The van der Waals surface area contributed by atoms with Crippen LogP contribution < -0.4 is 5.73 Å². The Morgan fingerprint density at radius 2 is 1.95 bits per heavy atom. The van der Waals surface area contributed by atoms with Gasteiger partial charge >= 0.3 is 0 Å². The van der Waals surface area contributed by atoms with Crippen molar-refractivity contribution in [1.29, 1.82) is 0 Å². The van der Waals surface area contributed by atoms with E-state index in [0.29, 0.717) is 6.10 Å². The van der Waals surface area contributed by atoms with Gasteiger partial charge in [0.25, 0.3) is 0 Å². The van der Waals surface area contributed by atoms with Gasteiger partial charge in [-0.1, -0.05) is 27.7 Å². The zero-order chi connectivity index (χ0) is 15.7. The summed E-state index contributed by atoms with van der Waals surface area (Å²) in [5.74, 6) is 1.72. The average Bonchev–Trinajstić information content (AvgIpc) is 2.64. The van der Waals surface area contributed by atoms with E-state index in [-0.39, 0.29) is 11.0 Å². The summed E-state index contributed by atoms with van der Waals surface area (Å²) in [6.45, 7) is 15.6. The summed E-state index contributed by atoms with van der Waals surface area (Å²) >= 11 is 0. The molecule has 124 valence electrons. The maximum Gasteiger partial charge on any atom is 0.0662 e. The lowest BCUT2D eigenvalue weighted by molar-refractivity contribution is -0.156. The second-order valence-electron chi connectivity index (χ2n) is 8.24. The van der Waals surface area contributed by atoms with Gasteiger partial charge in [0.15, 0.2) is 0 Å². The Morgan fingerprint density at radius 3 is 2.52 bits per heavy atom. The zero-order valence-corrected chi connectivity index (χ0v) is 14.8. The van der Waals surface area contributed by atoms with Crippen LogP contribution in [0.3, 0.4) is 0 Å². The van der Waals surface area contributed by atoms with E-state index in [1.807, 2.05) is 0 Å². The summed E-state index contributed by atoms with van der Waals surface area (Å²) in [7, 11) is 0. The molecular weight excluding hydrogens is 260 g/mol. The van der Waals surface area contributed by atoms with Gasteiger partial charge in [0.05, 0.1) is 6.10 Å². The minimum Gasteiger partial charge on any atom is -0.378 e. The molecule has 2 fully saturated rings. The minimum absolute atomic E-state index is 0.0789. The zero-order valence-electron chi connectivity index (χ0n) is 14.8. The summed E-state index contributed by atoms with van der Waals surface area (Å²) in [4.78, 5) is 2.62. The topological polar surface area (TPSA) is 38.5 Å². The van der Waals surface area contributed by atoms with E-state index in [2.05, 4.69) is 39.5 Å². The van der Waals surface area contributed by atoms with Gasteiger partial charge in [-0.2, -0.15) is 0 Å². The van der Waals surface area contributed by atoms with Crippen LogP contribution in [0.5, 0.6) is 0 Å². The molecule has 3 heteroatoms. The van der Waals surface area contributed by atoms with E-state index in [9.17, 15) is 0 Å². The molecular formula is C18H36N2O. The van der Waals surface area contributed by atoms with Gasteiger partial charge in [-0.3, -0.25) is 0 Å². The molecule has 0 amide bonds. The molecule has 1 aliphatic heterocycles. The fraction of sp³-hybridized carbons (Fsp3) is 1.00. The summed E-state index contributed by atoms with van der Waals surface area (Å²) in [5, 5.41) is 0. The summed E-state index contributed by atoms with van der Waals surface area (Å²) in [6.07, 6.45) is 5.40. The maximum absolute atomic E-state index is 6.76. The number of likely N-dealkylation sites (tertiary alicyclic amines) is 1. The van der Waals surface area contributed by atoms with Gasteiger partial charge < -0.3 is 15.4 Å². The molecule has 0 spiro atoms. The standard InChI is InChI=1S/C18H36N2O/c1-6-21-16-12-18(19,17(16,4)5)13-20-10-7-8-15(9-11-20)14(2)3/h14-16H,6-13,19H2,1-5H3. The molecule has 0 bridgehead atoms. The summed E-state index contributed by atoms with van der Waals surface area (Å²) in [6, 6.07) is 0. The van der Waals surface area contributed by atoms with E-state index in [4.69, 9.17) is 10.5 Å². The van der Waals surface area contributed by atoms with Crippen LogP contribution >= 0.6 is 0 Å². The number of hydrogen-bond donors (Lipinski definition) is 1. The van der Waals surface area contributed by atoms with Gasteiger partial charge in [0.1, 0.15) is 0 Å². The Hall–Kier alpha value is -0.120. The Morgan fingerprint density at radius 1 is 1.24 bits per heavy atom. The van der Waals surface area contributed by atoms with Gasteiger partial charge in [-0.05, 0) is 57.5 Å². The Labute approximate surface area is 131 Å². The van der Waals surface area contributed by atoms with Crippen LogP contribution in [0, 0.1) is 17.3 Å². The number of ether oxygens (including phenoxy) is 1. The lowest BCUT2D eigenvalue weighted by atomic mass is 9.54. The van der Waals surface area contributed by atoms with Crippen molar-refractivity contribution in [3.8, 4) is 0 Å². The first kappa shape index (κ1) is 17.2. The molecule has 1 aliphatic carbocycles. The van der Waals surface area contributed by atoms with Crippen LogP contribution in [-0.4, -0.2) is 42.8 Å². The molecule has 3 nitrogen and oxygen atoms in total. The van der Waals surface area contributed by atoms with Crippen LogP contribution in [0.15, 0.2) is 0 Å². The van der Waals surface area contributed by atoms with E-state index in [1.54, 1.807) is 0 Å². The molecule has 0 radical (unpaired) electrons. The number of hydrogen-bond acceptors (Lipinski definition) is 3. The molecule has 2 rings (SSSR count). The van der Waals surface area contributed by atoms with E-state index < -0.39 is 0 Å². The highest BCUT2D eigenvalue weighted by molar-refractivity contribution is 5.14. The quantitative estimate of drug-likeness (QED) is 0.846. The van der Waals surface area contributed by atoms with Gasteiger partial charge in [0.2, 0.25) is 0 Å². The van der Waals surface area contributed by atoms with Crippen LogP contribution in [0.25, 0.3) is 0 Å². The first-order valence-electron chi connectivity index (χ1n) is 8.93. The third-order valence-electron chi connectivity index (χ3n) is 6.32. The fourth-order valence-corrected chi connectivity index (χ4v) is 4.18. The Balaban J connectivity index is 1.90. The molecule has 3 atom stereocenters.